The standard InChI is InChI=1S/C18H21N5OS/c1-11-5-6-13(7-12(11)2)15-10-25-18(21-15)22-17(24)16(19-3)14-8-20-23(4)9-14/h5-10,16,19H,1-4H3,(H,21,22,24). The largest absolute Gasteiger partial charge is 0.305 e. The number of likely N-dealkylation sites (N-methyl/N-ethyl adjacent to an activating group) is 1. The fraction of sp³-hybridized carbons (Fsp3) is 0.278. The highest BCUT2D eigenvalue weighted by molar-refractivity contribution is 7.14. The van der Waals surface area contributed by atoms with E-state index >= 15 is 0 Å². The van der Waals surface area contributed by atoms with Crippen LogP contribution in [0.25, 0.3) is 11.3 Å². The van der Waals surface area contributed by atoms with Crippen molar-refractivity contribution in [1.82, 2.24) is 20.1 Å². The quantitative estimate of drug-likeness (QED) is 0.738. The normalized spacial score (nSPS) is 12.2. The number of rotatable bonds is 5. The minimum Gasteiger partial charge on any atom is -0.305 e. The van der Waals surface area contributed by atoms with Crippen molar-refractivity contribution >= 4 is 22.4 Å². The van der Waals surface area contributed by atoms with Crippen LogP contribution < -0.4 is 10.6 Å². The summed E-state index contributed by atoms with van der Waals surface area (Å²) in [5.74, 6) is -0.156. The van der Waals surface area contributed by atoms with Gasteiger partial charge in [-0.05, 0) is 38.1 Å². The molecule has 7 heteroatoms. The van der Waals surface area contributed by atoms with Crippen LogP contribution in [0.3, 0.4) is 0 Å². The zero-order valence-electron chi connectivity index (χ0n) is 14.7. The maximum Gasteiger partial charge on any atom is 0.247 e. The lowest BCUT2D eigenvalue weighted by Crippen LogP contribution is -2.30. The maximum atomic E-state index is 12.6. The Labute approximate surface area is 150 Å². The fourth-order valence-corrected chi connectivity index (χ4v) is 3.30. The Morgan fingerprint density at radius 2 is 2.08 bits per heavy atom. The molecule has 1 unspecified atom stereocenters. The third-order valence-electron chi connectivity index (χ3n) is 4.15. The van der Waals surface area contributed by atoms with Crippen molar-refractivity contribution in [2.75, 3.05) is 12.4 Å². The minimum absolute atomic E-state index is 0.156. The van der Waals surface area contributed by atoms with Gasteiger partial charge >= 0.3 is 0 Å². The highest BCUT2D eigenvalue weighted by atomic mass is 32.1. The lowest BCUT2D eigenvalue weighted by atomic mass is 10.1. The Balaban J connectivity index is 1.76. The first-order valence-corrected chi connectivity index (χ1v) is 8.85. The molecular weight excluding hydrogens is 334 g/mol. The van der Waals surface area contributed by atoms with E-state index in [1.54, 1.807) is 17.9 Å². The summed E-state index contributed by atoms with van der Waals surface area (Å²) in [7, 11) is 3.57. The van der Waals surface area contributed by atoms with Crippen molar-refractivity contribution in [3.8, 4) is 11.3 Å². The van der Waals surface area contributed by atoms with Crippen LogP contribution in [-0.4, -0.2) is 27.7 Å². The third kappa shape index (κ3) is 3.78. The molecule has 1 aromatic carbocycles. The zero-order valence-corrected chi connectivity index (χ0v) is 15.5. The van der Waals surface area contributed by atoms with Crippen molar-refractivity contribution in [2.24, 2.45) is 7.05 Å². The molecule has 0 saturated carbocycles. The molecule has 2 heterocycles. The van der Waals surface area contributed by atoms with E-state index in [0.29, 0.717) is 5.13 Å². The van der Waals surface area contributed by atoms with E-state index in [0.717, 1.165) is 16.8 Å². The van der Waals surface area contributed by atoms with Crippen molar-refractivity contribution in [2.45, 2.75) is 19.9 Å². The highest BCUT2D eigenvalue weighted by Crippen LogP contribution is 2.27. The van der Waals surface area contributed by atoms with Gasteiger partial charge in [-0.3, -0.25) is 9.48 Å². The summed E-state index contributed by atoms with van der Waals surface area (Å²) in [6, 6.07) is 5.78. The number of hydrogen-bond acceptors (Lipinski definition) is 5. The second-order valence-electron chi connectivity index (χ2n) is 6.00. The Bertz CT molecular complexity index is 899. The smallest absolute Gasteiger partial charge is 0.247 e. The van der Waals surface area contributed by atoms with E-state index in [-0.39, 0.29) is 5.91 Å². The van der Waals surface area contributed by atoms with Gasteiger partial charge in [-0.15, -0.1) is 11.3 Å². The van der Waals surface area contributed by atoms with Crippen LogP contribution in [0.4, 0.5) is 5.13 Å². The van der Waals surface area contributed by atoms with Gasteiger partial charge in [0.15, 0.2) is 5.13 Å². The summed E-state index contributed by atoms with van der Waals surface area (Å²) >= 11 is 1.42. The van der Waals surface area contributed by atoms with E-state index in [1.165, 1.54) is 22.5 Å². The molecular formula is C18H21N5OS. The number of anilines is 1. The van der Waals surface area contributed by atoms with E-state index < -0.39 is 6.04 Å². The second-order valence-corrected chi connectivity index (χ2v) is 6.85. The third-order valence-corrected chi connectivity index (χ3v) is 4.90. The number of aromatic nitrogens is 3. The molecule has 1 atom stereocenters. The number of thiazole rings is 1. The van der Waals surface area contributed by atoms with Crippen LogP contribution in [0, 0.1) is 13.8 Å². The van der Waals surface area contributed by atoms with Crippen LogP contribution in [0.1, 0.15) is 22.7 Å². The fourth-order valence-electron chi connectivity index (χ4n) is 2.58. The van der Waals surface area contributed by atoms with E-state index in [2.05, 4.69) is 52.8 Å². The van der Waals surface area contributed by atoms with Crippen molar-refractivity contribution in [1.29, 1.82) is 0 Å². The van der Waals surface area contributed by atoms with Gasteiger partial charge in [-0.25, -0.2) is 4.98 Å². The lowest BCUT2D eigenvalue weighted by Gasteiger charge is -2.13. The first-order valence-electron chi connectivity index (χ1n) is 7.97. The molecule has 0 bridgehead atoms. The minimum atomic E-state index is -0.470. The van der Waals surface area contributed by atoms with E-state index in [1.807, 2.05) is 18.6 Å². The molecule has 0 saturated heterocycles. The van der Waals surface area contributed by atoms with E-state index in [4.69, 9.17) is 0 Å². The van der Waals surface area contributed by atoms with Crippen LogP contribution >= 0.6 is 11.3 Å². The number of amides is 1. The highest BCUT2D eigenvalue weighted by Gasteiger charge is 2.21. The molecule has 3 aromatic rings. The van der Waals surface area contributed by atoms with Crippen LogP contribution in [-0.2, 0) is 11.8 Å². The average molecular weight is 355 g/mol. The Morgan fingerprint density at radius 1 is 1.28 bits per heavy atom. The molecule has 3 rings (SSSR count). The predicted octanol–water partition coefficient (Wildman–Crippen LogP) is 3.06. The molecule has 1 amide bonds. The van der Waals surface area contributed by atoms with Crippen molar-refractivity contribution in [3.63, 3.8) is 0 Å². The van der Waals surface area contributed by atoms with Gasteiger partial charge < -0.3 is 10.6 Å². The summed E-state index contributed by atoms with van der Waals surface area (Å²) in [6.45, 7) is 4.17. The number of aryl methyl sites for hydroxylation is 3. The number of carbonyl (C=O) groups is 1. The number of benzene rings is 1. The summed E-state index contributed by atoms with van der Waals surface area (Å²) in [4.78, 5) is 17.1. The van der Waals surface area contributed by atoms with Gasteiger partial charge in [0, 0.05) is 29.8 Å². The number of hydrogen-bond donors (Lipinski definition) is 2. The maximum absolute atomic E-state index is 12.6. The summed E-state index contributed by atoms with van der Waals surface area (Å²) in [5.41, 5.74) is 5.21. The van der Waals surface area contributed by atoms with Gasteiger partial charge in [0.05, 0.1) is 11.9 Å². The van der Waals surface area contributed by atoms with Crippen LogP contribution in [0.15, 0.2) is 36.0 Å². The molecule has 130 valence electrons. The topological polar surface area (TPSA) is 71.8 Å². The molecule has 6 nitrogen and oxygen atoms in total. The van der Waals surface area contributed by atoms with Crippen LogP contribution in [0.2, 0.25) is 0 Å². The number of nitrogens with zero attached hydrogens (tertiary/aromatic N) is 3. The first-order chi connectivity index (χ1) is 12.0. The molecule has 0 spiro atoms. The van der Waals surface area contributed by atoms with Gasteiger partial charge in [0.2, 0.25) is 5.91 Å². The second kappa shape index (κ2) is 7.16. The van der Waals surface area contributed by atoms with Crippen LogP contribution in [0.5, 0.6) is 0 Å². The van der Waals surface area contributed by atoms with E-state index in [9.17, 15) is 4.79 Å². The molecule has 2 aromatic heterocycles. The lowest BCUT2D eigenvalue weighted by molar-refractivity contribution is -0.118. The average Bonchev–Trinajstić information content (AvgIpc) is 3.20. The molecule has 2 N–H and O–H groups in total. The molecule has 0 fully saturated rings. The summed E-state index contributed by atoms with van der Waals surface area (Å²) < 4.78 is 1.67. The predicted molar refractivity (Wildman–Crippen MR) is 101 cm³/mol. The summed E-state index contributed by atoms with van der Waals surface area (Å²) in [6.07, 6.45) is 3.51. The Hall–Kier alpha value is -2.51. The SMILES string of the molecule is CNC(C(=O)Nc1nc(-c2ccc(C)c(C)c2)cs1)c1cnn(C)c1. The van der Waals surface area contributed by atoms with Crippen molar-refractivity contribution < 1.29 is 4.79 Å². The Morgan fingerprint density at radius 3 is 2.72 bits per heavy atom. The number of nitrogens with one attached hydrogen (secondary N) is 2. The molecule has 25 heavy (non-hydrogen) atoms. The van der Waals surface area contributed by atoms with Gasteiger partial charge in [-0.2, -0.15) is 5.10 Å². The summed E-state index contributed by atoms with van der Waals surface area (Å²) in [5, 5.41) is 12.6. The monoisotopic (exact) mass is 355 g/mol. The molecule has 0 aliphatic rings. The molecule has 0 aliphatic heterocycles. The van der Waals surface area contributed by atoms with Gasteiger partial charge in [0.1, 0.15) is 6.04 Å². The Kier molecular flexibility index (Phi) is 4.96. The van der Waals surface area contributed by atoms with Crippen molar-refractivity contribution in [3.05, 3.63) is 52.7 Å². The molecule has 0 radical (unpaired) electrons. The molecule has 0 aliphatic carbocycles. The first kappa shape index (κ1) is 17.3. The number of carbonyl (C=O) groups excluding carboxylic acids is 1. The van der Waals surface area contributed by atoms with Gasteiger partial charge in [0.25, 0.3) is 0 Å². The zero-order chi connectivity index (χ0) is 18.0. The van der Waals surface area contributed by atoms with Gasteiger partial charge in [-0.1, -0.05) is 12.1 Å².